The number of esters is 2. The molecule has 15 nitrogen and oxygen atoms in total. The fourth-order valence-corrected chi connectivity index (χ4v) is 8.07. The summed E-state index contributed by atoms with van der Waals surface area (Å²) in [5.74, 6) is -4.12. The highest BCUT2D eigenvalue weighted by molar-refractivity contribution is 6.54. The van der Waals surface area contributed by atoms with E-state index in [1.54, 1.807) is 64.1 Å². The molecule has 0 radical (unpaired) electrons. The highest BCUT2D eigenvalue weighted by Gasteiger charge is 2.38. The predicted molar refractivity (Wildman–Crippen MR) is 239 cm³/mol. The minimum absolute atomic E-state index is 0.106. The Morgan fingerprint density at radius 2 is 1.17 bits per heavy atom. The quantitative estimate of drug-likeness (QED) is 0.0322. The number of nitrogens with two attached hydrogens (primary N) is 2. The molecule has 0 aliphatic heterocycles. The van der Waals surface area contributed by atoms with Crippen molar-refractivity contribution in [3.8, 4) is 23.0 Å². The van der Waals surface area contributed by atoms with Gasteiger partial charge in [0.15, 0.2) is 23.7 Å². The Bertz CT molecular complexity index is 2430. The molecule has 0 bridgehead atoms. The Hall–Kier alpha value is -6.64. The molecule has 4 aromatic rings. The number of amides is 2. The van der Waals surface area contributed by atoms with Crippen molar-refractivity contribution < 1.29 is 57.2 Å². The molecule has 3 atom stereocenters. The lowest BCUT2D eigenvalue weighted by atomic mass is 9.92. The normalized spacial score (nSPS) is 14.2. The minimum Gasteiger partial charge on any atom is -0.490 e. The molecule has 64 heavy (non-hydrogen) atoms. The molecule has 4 N–H and O–H groups in total. The van der Waals surface area contributed by atoms with Crippen LogP contribution in [0.1, 0.15) is 101 Å². The summed E-state index contributed by atoms with van der Waals surface area (Å²) < 4.78 is 37.3. The van der Waals surface area contributed by atoms with Gasteiger partial charge in [-0.15, -0.1) is 0 Å². The molecule has 15 heteroatoms. The van der Waals surface area contributed by atoms with Gasteiger partial charge in [0, 0.05) is 41.1 Å². The standard InChI is InChI=1S/C49H59N3O12/c1-9-59-48(57)44(27(3)4)63-36-22-13-17-32-31(29(7)38(40(32)36)42(53)46(50)55)18-15-25-61-34-20-11-12-21-35(34)62-26-16-24-52-30(8)39(43(54)47(51)56)41-33(52)19-14-23-37(41)64-45(28(5)6)49(58)60-10-2/h11-14,17,19-23,27-28,31,44-45H,9-10,15-16,18,24-26H2,1-8H3,(H2,50,55)(H2,51,56). The molecule has 3 unspecified atom stereocenters. The van der Waals surface area contributed by atoms with Crippen LogP contribution < -0.4 is 30.4 Å². The van der Waals surface area contributed by atoms with Crippen molar-refractivity contribution in [2.45, 2.75) is 99.3 Å². The second-order valence-corrected chi connectivity index (χ2v) is 16.2. The van der Waals surface area contributed by atoms with E-state index in [9.17, 15) is 28.8 Å². The van der Waals surface area contributed by atoms with Gasteiger partial charge < -0.3 is 44.5 Å². The van der Waals surface area contributed by atoms with Crippen LogP contribution in [0, 0.1) is 18.8 Å². The summed E-state index contributed by atoms with van der Waals surface area (Å²) in [6, 6.07) is 17.8. The van der Waals surface area contributed by atoms with Gasteiger partial charge in [0.05, 0.1) is 42.9 Å². The van der Waals surface area contributed by atoms with Crippen molar-refractivity contribution in [3.63, 3.8) is 0 Å². The highest BCUT2D eigenvalue weighted by atomic mass is 16.6. The van der Waals surface area contributed by atoms with E-state index < -0.39 is 47.5 Å². The summed E-state index contributed by atoms with van der Waals surface area (Å²) in [5.41, 5.74) is 14.3. The summed E-state index contributed by atoms with van der Waals surface area (Å²) in [6.45, 7) is 15.6. The van der Waals surface area contributed by atoms with Gasteiger partial charge in [-0.25, -0.2) is 9.59 Å². The molecule has 5 rings (SSSR count). The Labute approximate surface area is 373 Å². The largest absolute Gasteiger partial charge is 0.490 e. The number of benzene rings is 3. The number of carbonyl (C=O) groups is 6. The molecule has 0 saturated carbocycles. The topological polar surface area (TPSA) is 215 Å². The van der Waals surface area contributed by atoms with Crippen molar-refractivity contribution >= 4 is 51.8 Å². The molecule has 1 aromatic heterocycles. The van der Waals surface area contributed by atoms with Gasteiger partial charge in [-0.1, -0.05) is 63.6 Å². The lowest BCUT2D eigenvalue weighted by Gasteiger charge is -2.23. The molecule has 342 valence electrons. The molecule has 0 fully saturated rings. The van der Waals surface area contributed by atoms with Crippen LogP contribution in [-0.4, -0.2) is 78.5 Å². The Morgan fingerprint density at radius 1 is 0.656 bits per heavy atom. The zero-order chi connectivity index (χ0) is 46.8. The van der Waals surface area contributed by atoms with Crippen molar-refractivity contribution in [3.05, 3.63) is 88.6 Å². The van der Waals surface area contributed by atoms with Gasteiger partial charge in [0.2, 0.25) is 0 Å². The van der Waals surface area contributed by atoms with Gasteiger partial charge in [-0.05, 0) is 82.9 Å². The van der Waals surface area contributed by atoms with Crippen molar-refractivity contribution in [2.24, 2.45) is 23.3 Å². The number of aromatic nitrogens is 1. The smallest absolute Gasteiger partial charge is 0.347 e. The first-order chi connectivity index (χ1) is 30.5. The molecule has 1 aliphatic carbocycles. The van der Waals surface area contributed by atoms with Crippen LogP contribution in [-0.2, 0) is 40.0 Å². The molecule has 0 saturated heterocycles. The lowest BCUT2D eigenvalue weighted by Crippen LogP contribution is -2.34. The lowest BCUT2D eigenvalue weighted by molar-refractivity contribution is -0.154. The number of aryl methyl sites for hydroxylation is 1. The number of ether oxygens (including phenoxy) is 6. The third-order valence-electron chi connectivity index (χ3n) is 11.1. The average Bonchev–Trinajstić information content (AvgIpc) is 3.70. The van der Waals surface area contributed by atoms with Crippen molar-refractivity contribution in [2.75, 3.05) is 26.4 Å². The summed E-state index contributed by atoms with van der Waals surface area (Å²) >= 11 is 0. The number of fused-ring (bicyclic) bond motifs is 2. The predicted octanol–water partition coefficient (Wildman–Crippen LogP) is 6.80. The van der Waals surface area contributed by atoms with E-state index in [1.807, 2.05) is 56.5 Å². The van der Waals surface area contributed by atoms with Gasteiger partial charge >= 0.3 is 11.9 Å². The van der Waals surface area contributed by atoms with Crippen LogP contribution in [0.3, 0.4) is 0 Å². The van der Waals surface area contributed by atoms with Gasteiger partial charge in [-0.2, -0.15) is 0 Å². The van der Waals surface area contributed by atoms with Gasteiger partial charge in [0.1, 0.15) is 11.5 Å². The Balaban J connectivity index is 1.28. The first-order valence-electron chi connectivity index (χ1n) is 21.7. The molecule has 1 heterocycles. The monoisotopic (exact) mass is 881 g/mol. The second kappa shape index (κ2) is 21.6. The van der Waals surface area contributed by atoms with E-state index in [-0.39, 0.29) is 54.5 Å². The number of rotatable bonds is 24. The Morgan fingerprint density at radius 3 is 1.72 bits per heavy atom. The average molecular weight is 882 g/mol. The number of hydrogen-bond donors (Lipinski definition) is 2. The fourth-order valence-electron chi connectivity index (χ4n) is 8.07. The number of allylic oxidation sites excluding steroid dienone is 1. The van der Waals surface area contributed by atoms with Crippen LogP contribution in [0.15, 0.2) is 66.2 Å². The van der Waals surface area contributed by atoms with Crippen LogP contribution >= 0.6 is 0 Å². The summed E-state index contributed by atoms with van der Waals surface area (Å²) in [4.78, 5) is 76.6. The number of hydrogen-bond acceptors (Lipinski definition) is 12. The molecular formula is C49H59N3O12. The van der Waals surface area contributed by atoms with E-state index in [0.717, 1.165) is 5.56 Å². The molecular weight excluding hydrogens is 823 g/mol. The number of carbonyl (C=O) groups excluding carboxylic acids is 6. The summed E-state index contributed by atoms with van der Waals surface area (Å²) in [7, 11) is 0. The number of primary amides is 2. The van der Waals surface area contributed by atoms with E-state index in [1.165, 1.54) is 0 Å². The first kappa shape index (κ1) is 48.4. The van der Waals surface area contributed by atoms with Crippen molar-refractivity contribution in [1.29, 1.82) is 0 Å². The van der Waals surface area contributed by atoms with Crippen LogP contribution in [0.4, 0.5) is 0 Å². The van der Waals surface area contributed by atoms with Crippen molar-refractivity contribution in [1.82, 2.24) is 4.57 Å². The van der Waals surface area contributed by atoms with Crippen LogP contribution in [0.2, 0.25) is 0 Å². The third kappa shape index (κ3) is 10.6. The zero-order valence-corrected chi connectivity index (χ0v) is 37.8. The van der Waals surface area contributed by atoms with E-state index in [2.05, 4.69) is 0 Å². The first-order valence-corrected chi connectivity index (χ1v) is 21.7. The maximum Gasteiger partial charge on any atom is 0.347 e. The number of ketones is 2. The van der Waals surface area contributed by atoms with Crippen LogP contribution in [0.5, 0.6) is 23.0 Å². The third-order valence-corrected chi connectivity index (χ3v) is 11.1. The SMILES string of the molecule is CCOC(=O)C(Oc1cccc2c1C(C(=O)C(N)=O)=C(C)C2CCCOc1ccccc1OCCCn1c(C)c(C(=O)C(N)=O)c2c(OC(C(=O)OCC)C(C)C)cccc21)C(C)C. The second-order valence-electron chi connectivity index (χ2n) is 16.2. The fraction of sp³-hybridized carbons (Fsp3) is 0.429. The van der Waals surface area contributed by atoms with E-state index in [4.69, 9.17) is 39.9 Å². The number of para-hydroxylation sites is 2. The van der Waals surface area contributed by atoms with Gasteiger partial charge in [-0.3, -0.25) is 19.2 Å². The van der Waals surface area contributed by atoms with Crippen LogP contribution in [0.25, 0.3) is 16.5 Å². The summed E-state index contributed by atoms with van der Waals surface area (Å²) in [5, 5.41) is 0.378. The number of Topliss-reactive ketones (excluding diaryl/α,β-unsaturated/α-hetero) is 2. The molecule has 3 aromatic carbocycles. The maximum absolute atomic E-state index is 13.3. The number of nitrogens with zero attached hydrogens (tertiary/aromatic N) is 1. The maximum atomic E-state index is 13.3. The minimum atomic E-state index is -1.11. The summed E-state index contributed by atoms with van der Waals surface area (Å²) in [6.07, 6.45) is -0.275. The highest BCUT2D eigenvalue weighted by Crippen LogP contribution is 2.48. The van der Waals surface area contributed by atoms with E-state index in [0.29, 0.717) is 77.4 Å². The van der Waals surface area contributed by atoms with E-state index >= 15 is 0 Å². The molecule has 1 aliphatic rings. The van der Waals surface area contributed by atoms with Gasteiger partial charge in [0.25, 0.3) is 23.4 Å². The molecule has 2 amide bonds. The zero-order valence-electron chi connectivity index (χ0n) is 37.8. The molecule has 0 spiro atoms. The Kier molecular flexibility index (Phi) is 16.4.